The van der Waals surface area contributed by atoms with Crippen LogP contribution in [0.2, 0.25) is 0 Å². The van der Waals surface area contributed by atoms with Gasteiger partial charge in [-0.1, -0.05) is 18.2 Å². The van der Waals surface area contributed by atoms with Gasteiger partial charge in [-0.25, -0.2) is 8.42 Å². The molecule has 2 aliphatic rings. The highest BCUT2D eigenvalue weighted by Crippen LogP contribution is 2.23. The van der Waals surface area contributed by atoms with E-state index >= 15 is 0 Å². The maximum Gasteiger partial charge on any atom is 0.256 e. The average Bonchev–Trinajstić information content (AvgIpc) is 3.15. The van der Waals surface area contributed by atoms with Gasteiger partial charge in [0.05, 0.1) is 17.1 Å². The zero-order chi connectivity index (χ0) is 17.6. The number of rotatable bonds is 2. The summed E-state index contributed by atoms with van der Waals surface area (Å²) in [4.78, 5) is 17.1. The zero-order valence-electron chi connectivity index (χ0n) is 14.4. The molecule has 25 heavy (non-hydrogen) atoms. The molecule has 2 fully saturated rings. The summed E-state index contributed by atoms with van der Waals surface area (Å²) in [5.74, 6) is 0.632. The Morgan fingerprint density at radius 2 is 1.84 bits per heavy atom. The van der Waals surface area contributed by atoms with Crippen LogP contribution in [0.3, 0.4) is 0 Å². The Morgan fingerprint density at radius 1 is 1.12 bits per heavy atom. The summed E-state index contributed by atoms with van der Waals surface area (Å²) in [6, 6.07) is 8.06. The van der Waals surface area contributed by atoms with Crippen LogP contribution >= 0.6 is 0 Å². The van der Waals surface area contributed by atoms with Gasteiger partial charge in [-0.15, -0.1) is 0 Å². The van der Waals surface area contributed by atoms with Crippen molar-refractivity contribution in [1.29, 1.82) is 0 Å². The largest absolute Gasteiger partial charge is 0.350 e. The number of para-hydroxylation sites is 1. The summed E-state index contributed by atoms with van der Waals surface area (Å²) in [5, 5.41) is 0.985. The number of sulfone groups is 1. The number of nitrogens with zero attached hydrogens (tertiary/aromatic N) is 3. The van der Waals surface area contributed by atoms with Crippen molar-refractivity contribution >= 4 is 26.6 Å². The number of carbonyl (C=O) groups excluding carboxylic acids is 1. The van der Waals surface area contributed by atoms with Crippen molar-refractivity contribution in [2.45, 2.75) is 12.5 Å². The summed E-state index contributed by atoms with van der Waals surface area (Å²) in [5.41, 5.74) is 1.80. The molecule has 134 valence electrons. The zero-order valence-corrected chi connectivity index (χ0v) is 15.2. The fourth-order valence-electron chi connectivity index (χ4n) is 4.04. The van der Waals surface area contributed by atoms with Crippen LogP contribution in [-0.4, -0.2) is 72.4 Å². The van der Waals surface area contributed by atoms with Crippen LogP contribution in [0, 0.1) is 0 Å². The molecule has 1 amide bonds. The molecule has 0 radical (unpaired) electrons. The van der Waals surface area contributed by atoms with Gasteiger partial charge in [-0.3, -0.25) is 9.69 Å². The number of fused-ring (bicyclic) bond motifs is 1. The van der Waals surface area contributed by atoms with Gasteiger partial charge in [0, 0.05) is 56.4 Å². The highest BCUT2D eigenvalue weighted by Gasteiger charge is 2.34. The summed E-state index contributed by atoms with van der Waals surface area (Å²) in [6.07, 6.45) is 2.63. The van der Waals surface area contributed by atoms with E-state index in [9.17, 15) is 13.2 Å². The molecule has 2 aromatic rings. The molecule has 0 aliphatic carbocycles. The van der Waals surface area contributed by atoms with E-state index in [0.29, 0.717) is 18.8 Å². The van der Waals surface area contributed by atoms with Crippen molar-refractivity contribution in [2.24, 2.45) is 7.05 Å². The predicted octanol–water partition coefficient (Wildman–Crippen LogP) is 1.12. The number of hydrogen-bond acceptors (Lipinski definition) is 4. The fourth-order valence-corrected chi connectivity index (χ4v) is 5.80. The topological polar surface area (TPSA) is 62.6 Å². The average molecular weight is 361 g/mol. The van der Waals surface area contributed by atoms with Crippen LogP contribution in [0.25, 0.3) is 10.9 Å². The quantitative estimate of drug-likeness (QED) is 0.804. The highest BCUT2D eigenvalue weighted by atomic mass is 32.2. The monoisotopic (exact) mass is 361 g/mol. The first kappa shape index (κ1) is 16.6. The second kappa shape index (κ2) is 6.14. The molecule has 6 nitrogen and oxygen atoms in total. The number of benzene rings is 1. The molecule has 2 saturated heterocycles. The van der Waals surface area contributed by atoms with Gasteiger partial charge in [0.25, 0.3) is 5.91 Å². The highest BCUT2D eigenvalue weighted by molar-refractivity contribution is 7.91. The van der Waals surface area contributed by atoms with Crippen molar-refractivity contribution < 1.29 is 13.2 Å². The molecular formula is C18H23N3O3S. The Bertz CT molecular complexity index is 911. The molecule has 0 unspecified atom stereocenters. The molecule has 0 N–H and O–H groups in total. The first-order valence-corrected chi connectivity index (χ1v) is 10.5. The van der Waals surface area contributed by atoms with Gasteiger partial charge >= 0.3 is 0 Å². The molecule has 2 aliphatic heterocycles. The minimum Gasteiger partial charge on any atom is -0.350 e. The van der Waals surface area contributed by atoms with E-state index in [0.717, 1.165) is 36.0 Å². The third-order valence-electron chi connectivity index (χ3n) is 5.45. The van der Waals surface area contributed by atoms with Crippen molar-refractivity contribution in [3.63, 3.8) is 0 Å². The Hall–Kier alpha value is -1.86. The predicted molar refractivity (Wildman–Crippen MR) is 97.5 cm³/mol. The number of aromatic nitrogens is 1. The molecule has 1 aromatic heterocycles. The number of amides is 1. The van der Waals surface area contributed by atoms with E-state index in [1.165, 1.54) is 0 Å². The van der Waals surface area contributed by atoms with Crippen LogP contribution < -0.4 is 0 Å². The molecule has 3 heterocycles. The molecule has 1 aromatic carbocycles. The Kier molecular flexibility index (Phi) is 4.08. The van der Waals surface area contributed by atoms with Gasteiger partial charge in [-0.2, -0.15) is 0 Å². The van der Waals surface area contributed by atoms with E-state index in [-0.39, 0.29) is 17.7 Å². The lowest BCUT2D eigenvalue weighted by Gasteiger charge is -2.37. The number of aryl methyl sites for hydroxylation is 1. The third-order valence-corrected chi connectivity index (χ3v) is 7.20. The number of hydrogen-bond donors (Lipinski definition) is 0. The van der Waals surface area contributed by atoms with Crippen molar-refractivity contribution in [1.82, 2.24) is 14.4 Å². The normalized spacial score (nSPS) is 24.0. The molecular weight excluding hydrogens is 338 g/mol. The van der Waals surface area contributed by atoms with E-state index in [1.807, 2.05) is 47.0 Å². The van der Waals surface area contributed by atoms with Crippen molar-refractivity contribution in [3.8, 4) is 0 Å². The maximum atomic E-state index is 13.0. The first-order valence-electron chi connectivity index (χ1n) is 8.72. The number of carbonyl (C=O) groups is 1. The molecule has 7 heteroatoms. The maximum absolute atomic E-state index is 13.0. The molecule has 0 spiro atoms. The van der Waals surface area contributed by atoms with E-state index in [2.05, 4.69) is 4.90 Å². The first-order chi connectivity index (χ1) is 11.9. The smallest absolute Gasteiger partial charge is 0.256 e. The molecule has 0 saturated carbocycles. The van der Waals surface area contributed by atoms with Gasteiger partial charge in [0.2, 0.25) is 0 Å². The fraction of sp³-hybridized carbons (Fsp3) is 0.500. The Morgan fingerprint density at radius 3 is 2.52 bits per heavy atom. The van der Waals surface area contributed by atoms with Crippen LogP contribution in [-0.2, 0) is 16.9 Å². The lowest BCUT2D eigenvalue weighted by atomic mass is 10.1. The summed E-state index contributed by atoms with van der Waals surface area (Å²) in [6.45, 7) is 2.80. The summed E-state index contributed by atoms with van der Waals surface area (Å²) < 4.78 is 25.3. The minimum absolute atomic E-state index is 0.0653. The Balaban J connectivity index is 1.46. The van der Waals surface area contributed by atoms with Gasteiger partial charge in [-0.05, 0) is 12.5 Å². The lowest BCUT2D eigenvalue weighted by Crippen LogP contribution is -2.52. The van der Waals surface area contributed by atoms with Crippen LogP contribution in [0.15, 0.2) is 30.5 Å². The minimum atomic E-state index is -2.86. The molecule has 4 rings (SSSR count). The van der Waals surface area contributed by atoms with E-state index in [1.54, 1.807) is 0 Å². The standard InChI is InChI=1S/C18H23N3O3S/c1-19-12-16(15-4-2-3-5-17(15)19)18(22)21-9-7-20(8-10-21)14-6-11-25(23,24)13-14/h2-5,12,14H,6-11,13H2,1H3/t14-/m1/s1. The lowest BCUT2D eigenvalue weighted by molar-refractivity contribution is 0.0589. The van der Waals surface area contributed by atoms with Crippen molar-refractivity contribution in [2.75, 3.05) is 37.7 Å². The van der Waals surface area contributed by atoms with Crippen LogP contribution in [0.5, 0.6) is 0 Å². The summed E-state index contributed by atoms with van der Waals surface area (Å²) in [7, 11) is -0.908. The van der Waals surface area contributed by atoms with Crippen LogP contribution in [0.4, 0.5) is 0 Å². The van der Waals surface area contributed by atoms with E-state index < -0.39 is 9.84 Å². The van der Waals surface area contributed by atoms with Crippen molar-refractivity contribution in [3.05, 3.63) is 36.0 Å². The second-order valence-electron chi connectivity index (χ2n) is 7.06. The third kappa shape index (κ3) is 3.06. The number of piperazine rings is 1. The Labute approximate surface area is 147 Å². The van der Waals surface area contributed by atoms with E-state index in [4.69, 9.17) is 0 Å². The SMILES string of the molecule is Cn1cc(C(=O)N2CCN([C@@H]3CCS(=O)(=O)C3)CC2)c2ccccc21. The second-order valence-corrected chi connectivity index (χ2v) is 9.28. The molecule has 1 atom stereocenters. The summed E-state index contributed by atoms with van der Waals surface area (Å²) >= 11 is 0. The van der Waals surface area contributed by atoms with Gasteiger partial charge in [0.15, 0.2) is 9.84 Å². The molecule has 0 bridgehead atoms. The van der Waals surface area contributed by atoms with Gasteiger partial charge < -0.3 is 9.47 Å². The van der Waals surface area contributed by atoms with Crippen LogP contribution in [0.1, 0.15) is 16.8 Å². The van der Waals surface area contributed by atoms with Gasteiger partial charge in [0.1, 0.15) is 0 Å².